The van der Waals surface area contributed by atoms with Crippen LogP contribution in [0.5, 0.6) is 0 Å². The largest absolute Gasteiger partial charge is 0.397 e. The summed E-state index contributed by atoms with van der Waals surface area (Å²) in [6, 6.07) is 7.25. The second-order valence-corrected chi connectivity index (χ2v) is 1.63. The monoisotopic (exact) mass is 128 g/mol. The molecule has 3 heteroatoms. The fraction of sp³-hybridized carbons (Fsp3) is 0. The fourth-order valence-corrected chi connectivity index (χ4v) is 0.511. The van der Waals surface area contributed by atoms with Crippen LogP contribution in [0.4, 0.5) is 16.1 Å². The van der Waals surface area contributed by atoms with Gasteiger partial charge in [-0.15, -0.1) is 0 Å². The molecule has 0 fully saturated rings. The number of hydrogen-bond donors (Lipinski definition) is 2. The standard InChI is InChI=1S/C6H8N2.FH/c7-5-3-1-2-4-6(5)8;/h1-4H,7-8H2;1H. The molecule has 0 unspecified atom stereocenters. The van der Waals surface area contributed by atoms with Gasteiger partial charge in [-0.3, -0.25) is 4.70 Å². The average molecular weight is 128 g/mol. The van der Waals surface area contributed by atoms with Crippen LogP contribution in [0.1, 0.15) is 0 Å². The van der Waals surface area contributed by atoms with Crippen molar-refractivity contribution in [2.75, 3.05) is 11.5 Å². The first kappa shape index (κ1) is 7.75. The molecule has 0 saturated heterocycles. The summed E-state index contributed by atoms with van der Waals surface area (Å²) in [5.74, 6) is 0. The lowest BCUT2D eigenvalue weighted by Crippen LogP contribution is -1.91. The highest BCUT2D eigenvalue weighted by Gasteiger charge is 1.85. The first-order chi connectivity index (χ1) is 3.80. The first-order valence-corrected chi connectivity index (χ1v) is 2.40. The SMILES string of the molecule is F.Nc1ccccc1N. The highest BCUT2D eigenvalue weighted by Crippen LogP contribution is 2.10. The van der Waals surface area contributed by atoms with Crippen molar-refractivity contribution in [2.24, 2.45) is 0 Å². The van der Waals surface area contributed by atoms with Crippen LogP contribution in [-0.2, 0) is 0 Å². The van der Waals surface area contributed by atoms with Crippen molar-refractivity contribution in [2.45, 2.75) is 0 Å². The normalized spacial score (nSPS) is 8.00. The van der Waals surface area contributed by atoms with Crippen LogP contribution in [0.25, 0.3) is 0 Å². The second-order valence-electron chi connectivity index (χ2n) is 1.63. The van der Waals surface area contributed by atoms with Crippen molar-refractivity contribution < 1.29 is 4.70 Å². The number of nitrogens with two attached hydrogens (primary N) is 2. The molecule has 1 rings (SSSR count). The zero-order valence-corrected chi connectivity index (χ0v) is 4.87. The van der Waals surface area contributed by atoms with Gasteiger partial charge in [-0.25, -0.2) is 0 Å². The highest BCUT2D eigenvalue weighted by molar-refractivity contribution is 5.62. The summed E-state index contributed by atoms with van der Waals surface area (Å²) in [5.41, 5.74) is 12.1. The smallest absolute Gasteiger partial charge is 0.0547 e. The lowest BCUT2D eigenvalue weighted by atomic mass is 10.3. The van der Waals surface area contributed by atoms with E-state index in [9.17, 15) is 0 Å². The van der Waals surface area contributed by atoms with E-state index in [-0.39, 0.29) is 4.70 Å². The molecule has 9 heavy (non-hydrogen) atoms. The topological polar surface area (TPSA) is 52.0 Å². The third-order valence-electron chi connectivity index (χ3n) is 0.996. The van der Waals surface area contributed by atoms with Gasteiger partial charge in [0.05, 0.1) is 11.4 Å². The Labute approximate surface area is 52.8 Å². The molecule has 0 aromatic heterocycles. The quantitative estimate of drug-likeness (QED) is 0.512. The average Bonchev–Trinajstić information content (AvgIpc) is 1.77. The van der Waals surface area contributed by atoms with E-state index in [4.69, 9.17) is 11.5 Å². The molecular weight excluding hydrogens is 119 g/mol. The Kier molecular flexibility index (Phi) is 2.51. The summed E-state index contributed by atoms with van der Waals surface area (Å²) in [5, 5.41) is 0. The van der Waals surface area contributed by atoms with Crippen molar-refractivity contribution in [1.82, 2.24) is 0 Å². The molecule has 1 aromatic carbocycles. The molecule has 0 bridgehead atoms. The van der Waals surface area contributed by atoms with E-state index in [2.05, 4.69) is 0 Å². The van der Waals surface area contributed by atoms with Crippen LogP contribution in [-0.4, -0.2) is 0 Å². The van der Waals surface area contributed by atoms with Gasteiger partial charge in [-0.2, -0.15) is 0 Å². The van der Waals surface area contributed by atoms with Crippen molar-refractivity contribution in [1.29, 1.82) is 0 Å². The van der Waals surface area contributed by atoms with E-state index in [1.165, 1.54) is 0 Å². The van der Waals surface area contributed by atoms with Crippen molar-refractivity contribution >= 4 is 11.4 Å². The number of halogens is 1. The molecular formula is C6H9FN2. The highest BCUT2D eigenvalue weighted by atomic mass is 19.0. The molecule has 0 aliphatic carbocycles. The summed E-state index contributed by atoms with van der Waals surface area (Å²) < 4.78 is 0. The molecule has 0 saturated carbocycles. The lowest BCUT2D eigenvalue weighted by molar-refractivity contribution is 1.11. The maximum Gasteiger partial charge on any atom is 0.0547 e. The van der Waals surface area contributed by atoms with E-state index in [1.54, 1.807) is 12.1 Å². The predicted molar refractivity (Wildman–Crippen MR) is 37.8 cm³/mol. The summed E-state index contributed by atoms with van der Waals surface area (Å²) in [4.78, 5) is 0. The lowest BCUT2D eigenvalue weighted by Gasteiger charge is -1.94. The van der Waals surface area contributed by atoms with Crippen LogP contribution in [0.15, 0.2) is 24.3 Å². The van der Waals surface area contributed by atoms with Gasteiger partial charge in [0.15, 0.2) is 0 Å². The fourth-order valence-electron chi connectivity index (χ4n) is 0.511. The van der Waals surface area contributed by atoms with Gasteiger partial charge in [0.25, 0.3) is 0 Å². The van der Waals surface area contributed by atoms with Gasteiger partial charge in [-0.05, 0) is 12.1 Å². The van der Waals surface area contributed by atoms with E-state index in [0.29, 0.717) is 11.4 Å². The molecule has 2 nitrogen and oxygen atoms in total. The molecule has 0 aliphatic rings. The minimum absolute atomic E-state index is 0. The summed E-state index contributed by atoms with van der Waals surface area (Å²) in [6.45, 7) is 0. The summed E-state index contributed by atoms with van der Waals surface area (Å²) >= 11 is 0. The van der Waals surface area contributed by atoms with E-state index in [0.717, 1.165) is 0 Å². The van der Waals surface area contributed by atoms with E-state index < -0.39 is 0 Å². The van der Waals surface area contributed by atoms with Gasteiger partial charge in [0.2, 0.25) is 0 Å². The van der Waals surface area contributed by atoms with Crippen LogP contribution < -0.4 is 11.5 Å². The third kappa shape index (κ3) is 1.60. The molecule has 0 aliphatic heterocycles. The zero-order chi connectivity index (χ0) is 5.98. The molecule has 0 radical (unpaired) electrons. The van der Waals surface area contributed by atoms with E-state index >= 15 is 0 Å². The number of nitrogen functional groups attached to an aromatic ring is 2. The predicted octanol–water partition coefficient (Wildman–Crippen LogP) is 1.00. The molecule has 0 atom stereocenters. The Morgan fingerprint density at radius 1 is 0.889 bits per heavy atom. The van der Waals surface area contributed by atoms with Crippen LogP contribution in [0.3, 0.4) is 0 Å². The van der Waals surface area contributed by atoms with Gasteiger partial charge in [-0.1, -0.05) is 12.1 Å². The molecule has 1 aromatic rings. The third-order valence-corrected chi connectivity index (χ3v) is 0.996. The van der Waals surface area contributed by atoms with Crippen LogP contribution in [0, 0.1) is 0 Å². The summed E-state index contributed by atoms with van der Waals surface area (Å²) in [7, 11) is 0. The Morgan fingerprint density at radius 3 is 1.44 bits per heavy atom. The molecule has 4 N–H and O–H groups in total. The first-order valence-electron chi connectivity index (χ1n) is 2.40. The molecule has 0 amide bonds. The van der Waals surface area contributed by atoms with Crippen molar-refractivity contribution in [3.05, 3.63) is 24.3 Å². The van der Waals surface area contributed by atoms with Gasteiger partial charge in [0, 0.05) is 0 Å². The molecule has 0 spiro atoms. The Bertz CT molecular complexity index is 167. The Hall–Kier alpha value is -1.25. The number of hydrogen-bond acceptors (Lipinski definition) is 2. The van der Waals surface area contributed by atoms with E-state index in [1.807, 2.05) is 12.1 Å². The van der Waals surface area contributed by atoms with Crippen molar-refractivity contribution in [3.63, 3.8) is 0 Å². The number of anilines is 2. The Balaban J connectivity index is 0.000000640. The molecule has 0 heterocycles. The molecule has 50 valence electrons. The maximum absolute atomic E-state index is 5.39. The van der Waals surface area contributed by atoms with Crippen molar-refractivity contribution in [3.8, 4) is 0 Å². The number of para-hydroxylation sites is 2. The maximum atomic E-state index is 5.39. The van der Waals surface area contributed by atoms with Gasteiger partial charge in [0.1, 0.15) is 0 Å². The Morgan fingerprint density at radius 2 is 1.22 bits per heavy atom. The number of rotatable bonds is 0. The van der Waals surface area contributed by atoms with Gasteiger partial charge < -0.3 is 11.5 Å². The minimum atomic E-state index is 0. The van der Waals surface area contributed by atoms with Crippen LogP contribution >= 0.6 is 0 Å². The van der Waals surface area contributed by atoms with Gasteiger partial charge >= 0.3 is 0 Å². The minimum Gasteiger partial charge on any atom is -0.397 e. The van der Waals surface area contributed by atoms with Crippen LogP contribution in [0.2, 0.25) is 0 Å². The zero-order valence-electron chi connectivity index (χ0n) is 4.87. The summed E-state index contributed by atoms with van der Waals surface area (Å²) in [6.07, 6.45) is 0. The number of benzene rings is 1. The second kappa shape index (κ2) is 2.91.